The van der Waals surface area contributed by atoms with Gasteiger partial charge in [0.15, 0.2) is 0 Å². The van der Waals surface area contributed by atoms with E-state index in [0.717, 1.165) is 0 Å². The van der Waals surface area contributed by atoms with E-state index in [9.17, 15) is 0 Å². The van der Waals surface area contributed by atoms with Crippen LogP contribution < -0.4 is 0 Å². The summed E-state index contributed by atoms with van der Waals surface area (Å²) >= 11 is 0.923. The second-order valence-electron chi connectivity index (χ2n) is 7.28. The molecule has 31 heavy (non-hydrogen) atoms. The van der Waals surface area contributed by atoms with Gasteiger partial charge in [-0.2, -0.15) is 0 Å². The summed E-state index contributed by atoms with van der Waals surface area (Å²) in [5.74, 6) is 0. The number of nitrogens with zero attached hydrogens (tertiary/aromatic N) is 1. The standard InChI is InChI=1S/C16H14.2C5H5.C2H6N.In.Zr/c1-3-9-15(10-4-1)13-7-8-14-16-11-5-2-6-12-16;2*1-2-4-5-3-1;1-3-2;;/h1-14H;2*1-3H,4H2;1-2H3;;/q;;;-1;+1;. The Bertz CT molecular complexity index is 857. The zero-order chi connectivity index (χ0) is 22.2. The molecule has 1 nitrogen and oxygen atoms in total. The molecule has 0 fully saturated rings. The first-order valence-electron chi connectivity index (χ1n) is 10.5. The van der Waals surface area contributed by atoms with Gasteiger partial charge in [0.2, 0.25) is 0 Å². The van der Waals surface area contributed by atoms with Crippen LogP contribution in [0.5, 0.6) is 0 Å². The first-order valence-corrected chi connectivity index (χ1v) is 14.4. The van der Waals surface area contributed by atoms with Crippen molar-refractivity contribution in [2.75, 3.05) is 14.1 Å². The molecule has 2 aliphatic rings. The molecule has 2 aromatic rings. The summed E-state index contributed by atoms with van der Waals surface area (Å²) in [7, 11) is 4.12. The Hall–Kier alpha value is -1.41. The molecule has 0 aliphatic heterocycles. The average molecular weight is 587 g/mol. The van der Waals surface area contributed by atoms with Gasteiger partial charge in [-0.25, -0.2) is 0 Å². The summed E-state index contributed by atoms with van der Waals surface area (Å²) in [4.78, 5) is 0. The molecule has 0 saturated carbocycles. The Kier molecular flexibility index (Phi) is 13.6. The van der Waals surface area contributed by atoms with E-state index in [4.69, 9.17) is 0 Å². The maximum absolute atomic E-state index is 2.31. The van der Waals surface area contributed by atoms with Crippen LogP contribution in [0.2, 0.25) is 0 Å². The first-order chi connectivity index (χ1) is 15.1. The fourth-order valence-electron chi connectivity index (χ4n) is 2.75. The molecule has 0 amide bonds. The number of benzene rings is 2. The van der Waals surface area contributed by atoms with Crippen LogP contribution in [0.3, 0.4) is 0 Å². The van der Waals surface area contributed by atoms with Gasteiger partial charge in [0.05, 0.1) is 0 Å². The topological polar surface area (TPSA) is 3.24 Å². The molecule has 0 aromatic heterocycles. The molecule has 3 heteroatoms. The van der Waals surface area contributed by atoms with Crippen molar-refractivity contribution in [2.24, 2.45) is 0 Å². The van der Waals surface area contributed by atoms with Gasteiger partial charge in [-0.05, 0) is 11.1 Å². The summed E-state index contributed by atoms with van der Waals surface area (Å²) in [6.45, 7) is 0. The first kappa shape index (κ1) is 25.9. The van der Waals surface area contributed by atoms with Crippen molar-refractivity contribution < 1.29 is 23.2 Å². The zero-order valence-corrected chi connectivity index (χ0v) is 24.2. The molecule has 0 saturated heterocycles. The van der Waals surface area contributed by atoms with Gasteiger partial charge >= 0.3 is 121 Å². The molecule has 2 aromatic carbocycles. The fourth-order valence-corrected chi connectivity index (χ4v) is 5.73. The maximum atomic E-state index is 2.31. The van der Waals surface area contributed by atoms with E-state index in [1.807, 2.05) is 36.4 Å². The third-order valence-corrected chi connectivity index (χ3v) is 7.55. The van der Waals surface area contributed by atoms with Gasteiger partial charge in [-0.3, -0.25) is 0 Å². The molecule has 154 valence electrons. The van der Waals surface area contributed by atoms with Crippen molar-refractivity contribution in [2.45, 2.75) is 12.8 Å². The summed E-state index contributed by atoms with van der Waals surface area (Å²) in [5.41, 5.74) is 2.44. The number of rotatable bonds is 5. The van der Waals surface area contributed by atoms with Crippen molar-refractivity contribution in [3.05, 3.63) is 127 Å². The molecule has 2 aliphatic carbocycles. The van der Waals surface area contributed by atoms with Crippen LogP contribution in [0.4, 0.5) is 0 Å². The van der Waals surface area contributed by atoms with Crippen LogP contribution in [0, 0.1) is 0 Å². The Labute approximate surface area is 215 Å². The molecule has 0 heterocycles. The Morgan fingerprint density at radius 2 is 1.10 bits per heavy atom. The van der Waals surface area contributed by atoms with E-state index >= 15 is 0 Å². The van der Waals surface area contributed by atoms with E-state index in [1.54, 1.807) is 6.56 Å². The van der Waals surface area contributed by atoms with E-state index in [2.05, 4.69) is 102 Å². The monoisotopic (exact) mass is 585 g/mol. The predicted octanol–water partition coefficient (Wildman–Crippen LogP) is 6.80. The quantitative estimate of drug-likeness (QED) is 0.349. The molecule has 2 radical (unpaired) electrons. The Morgan fingerprint density at radius 1 is 0.710 bits per heavy atom. The summed E-state index contributed by atoms with van der Waals surface area (Å²) in [6, 6.07) is 20.6. The second-order valence-corrected chi connectivity index (χ2v) is 14.0. The third-order valence-electron chi connectivity index (χ3n) is 4.15. The molecule has 0 N–H and O–H groups in total. The summed E-state index contributed by atoms with van der Waals surface area (Å²) < 4.78 is 5.58. The van der Waals surface area contributed by atoms with Crippen LogP contribution in [0.1, 0.15) is 24.0 Å². The number of hydrogen-bond donors (Lipinski definition) is 0. The zero-order valence-electron chi connectivity index (χ0n) is 18.5. The van der Waals surface area contributed by atoms with Gasteiger partial charge in [0.1, 0.15) is 0 Å². The average Bonchev–Trinajstić information content (AvgIpc) is 3.48. The molecule has 0 bridgehead atoms. The van der Waals surface area contributed by atoms with Crippen molar-refractivity contribution in [1.29, 1.82) is 0 Å². The van der Waals surface area contributed by atoms with Crippen molar-refractivity contribution in [3.8, 4) is 0 Å². The van der Waals surface area contributed by atoms with Crippen LogP contribution in [0.15, 0.2) is 116 Å². The Morgan fingerprint density at radius 3 is 1.42 bits per heavy atom. The number of allylic oxidation sites excluding steroid dienone is 10. The van der Waals surface area contributed by atoms with Crippen LogP contribution in [-0.2, 0) is 23.2 Å². The van der Waals surface area contributed by atoms with E-state index in [1.165, 1.54) is 48.6 Å². The van der Waals surface area contributed by atoms with Crippen LogP contribution in [-0.4, -0.2) is 41.6 Å². The fraction of sp³-hybridized carbons (Fsp3) is 0.143. The molecular weight excluding hydrogens is 556 g/mol. The SMILES string of the molecule is C(C=Cc1ccccc1)=Cc1ccccc1.C1=CC[C]([Zr][C]2=CC=CC2)=C1.C[N](C)[In]. The van der Waals surface area contributed by atoms with E-state index < -0.39 is 0 Å². The minimum atomic E-state index is -0.312. The van der Waals surface area contributed by atoms with Crippen LogP contribution in [0.25, 0.3) is 12.2 Å². The van der Waals surface area contributed by atoms with Gasteiger partial charge < -0.3 is 0 Å². The second kappa shape index (κ2) is 16.3. The van der Waals surface area contributed by atoms with Gasteiger partial charge in [0.25, 0.3) is 0 Å². The van der Waals surface area contributed by atoms with Gasteiger partial charge in [-0.15, -0.1) is 0 Å². The van der Waals surface area contributed by atoms with Crippen LogP contribution >= 0.6 is 0 Å². The molecule has 0 unspecified atom stereocenters. The molecule has 4 rings (SSSR count). The van der Waals surface area contributed by atoms with Crippen molar-refractivity contribution in [3.63, 3.8) is 0 Å². The van der Waals surface area contributed by atoms with Gasteiger partial charge in [-0.1, -0.05) is 85.0 Å². The summed E-state index contributed by atoms with van der Waals surface area (Å²) in [6.07, 6.45) is 24.3. The predicted molar refractivity (Wildman–Crippen MR) is 134 cm³/mol. The summed E-state index contributed by atoms with van der Waals surface area (Å²) in [5, 5.41) is 0. The van der Waals surface area contributed by atoms with E-state index in [0.29, 0.717) is 0 Å². The third kappa shape index (κ3) is 12.9. The number of hydrogen-bond acceptors (Lipinski definition) is 1. The Balaban J connectivity index is 0.000000197. The molecule has 0 atom stereocenters. The minimum absolute atomic E-state index is 0.312. The van der Waals surface area contributed by atoms with Crippen molar-refractivity contribution in [1.82, 2.24) is 2.89 Å². The van der Waals surface area contributed by atoms with E-state index in [-0.39, 0.29) is 23.2 Å². The van der Waals surface area contributed by atoms with Crippen molar-refractivity contribution >= 4 is 36.8 Å². The van der Waals surface area contributed by atoms with Gasteiger partial charge in [0, 0.05) is 0 Å². The normalized spacial score (nSPS) is 14.2. The molecular formula is C28H30InNZr. The molecule has 0 spiro atoms.